The summed E-state index contributed by atoms with van der Waals surface area (Å²) < 4.78 is 5.41. The lowest BCUT2D eigenvalue weighted by Crippen LogP contribution is -2.41. The van der Waals surface area contributed by atoms with Crippen molar-refractivity contribution >= 4 is 22.7 Å². The number of amides is 2. The Bertz CT molecular complexity index is 1180. The number of aromatic amines is 1. The Kier molecular flexibility index (Phi) is 4.82. The van der Waals surface area contributed by atoms with E-state index in [-0.39, 0.29) is 11.6 Å². The molecular formula is C21H19N5O3. The average Bonchev–Trinajstić information content (AvgIpc) is 3.43. The highest BCUT2D eigenvalue weighted by Crippen LogP contribution is 2.25. The first-order chi connectivity index (χ1) is 14.0. The molecule has 4 aromatic rings. The van der Waals surface area contributed by atoms with Gasteiger partial charge in [-0.3, -0.25) is 25.5 Å². The van der Waals surface area contributed by atoms with Crippen LogP contribution < -0.4 is 10.9 Å². The summed E-state index contributed by atoms with van der Waals surface area (Å²) in [5.74, 6) is -0.219. The highest BCUT2D eigenvalue weighted by atomic mass is 16.3. The first-order valence-corrected chi connectivity index (χ1v) is 9.12. The molecule has 0 spiro atoms. The number of furan rings is 1. The summed E-state index contributed by atoms with van der Waals surface area (Å²) in [4.78, 5) is 29.7. The molecule has 8 nitrogen and oxygen atoms in total. The van der Waals surface area contributed by atoms with Crippen LogP contribution in [0, 0.1) is 0 Å². The lowest BCUT2D eigenvalue weighted by Gasteiger charge is -2.10. The van der Waals surface area contributed by atoms with Gasteiger partial charge in [-0.05, 0) is 36.2 Å². The first kappa shape index (κ1) is 18.4. The minimum atomic E-state index is -0.508. The van der Waals surface area contributed by atoms with Crippen molar-refractivity contribution in [2.24, 2.45) is 0 Å². The van der Waals surface area contributed by atoms with Crippen molar-refractivity contribution in [2.75, 3.05) is 0 Å². The molecule has 0 aliphatic carbocycles. The molecular weight excluding hydrogens is 370 g/mol. The number of rotatable bonds is 4. The summed E-state index contributed by atoms with van der Waals surface area (Å²) in [5.41, 5.74) is 7.43. The zero-order valence-electron chi connectivity index (χ0n) is 15.9. The number of fused-ring (bicyclic) bond motifs is 1. The van der Waals surface area contributed by atoms with Gasteiger partial charge < -0.3 is 4.42 Å². The van der Waals surface area contributed by atoms with E-state index in [1.807, 2.05) is 32.0 Å². The molecule has 0 unspecified atom stereocenters. The molecule has 146 valence electrons. The fraction of sp³-hybridized carbons (Fsp3) is 0.143. The zero-order valence-corrected chi connectivity index (χ0v) is 15.9. The maximum absolute atomic E-state index is 12.8. The maximum atomic E-state index is 12.8. The summed E-state index contributed by atoms with van der Waals surface area (Å²) in [5, 5.41) is 7.45. The van der Waals surface area contributed by atoms with Gasteiger partial charge in [-0.1, -0.05) is 32.0 Å². The van der Waals surface area contributed by atoms with Gasteiger partial charge in [0, 0.05) is 11.1 Å². The fourth-order valence-corrected chi connectivity index (χ4v) is 2.91. The predicted octanol–water partition coefficient (Wildman–Crippen LogP) is 3.42. The molecule has 0 saturated heterocycles. The Morgan fingerprint density at radius 3 is 2.55 bits per heavy atom. The van der Waals surface area contributed by atoms with E-state index in [4.69, 9.17) is 4.42 Å². The number of nitrogens with zero attached hydrogens (tertiary/aromatic N) is 2. The fourth-order valence-electron chi connectivity index (χ4n) is 2.91. The van der Waals surface area contributed by atoms with Crippen LogP contribution in [0.2, 0.25) is 0 Å². The lowest BCUT2D eigenvalue weighted by molar-refractivity contribution is 0.0845. The van der Waals surface area contributed by atoms with Crippen LogP contribution in [0.5, 0.6) is 0 Å². The summed E-state index contributed by atoms with van der Waals surface area (Å²) in [6.45, 7) is 3.98. The summed E-state index contributed by atoms with van der Waals surface area (Å²) in [7, 11) is 0. The molecule has 3 aromatic heterocycles. The van der Waals surface area contributed by atoms with E-state index in [0.717, 1.165) is 5.69 Å². The molecule has 1 aromatic carbocycles. The minimum absolute atomic E-state index is 0.199. The van der Waals surface area contributed by atoms with Crippen LogP contribution in [0.15, 0.2) is 59.2 Å². The molecule has 3 N–H and O–H groups in total. The molecule has 3 heterocycles. The monoisotopic (exact) mass is 389 g/mol. The summed E-state index contributed by atoms with van der Waals surface area (Å²) >= 11 is 0. The predicted molar refractivity (Wildman–Crippen MR) is 107 cm³/mol. The molecule has 0 atom stereocenters. The van der Waals surface area contributed by atoms with Gasteiger partial charge in [-0.2, -0.15) is 5.10 Å². The zero-order chi connectivity index (χ0) is 20.4. The van der Waals surface area contributed by atoms with Gasteiger partial charge in [0.15, 0.2) is 11.5 Å². The van der Waals surface area contributed by atoms with E-state index in [9.17, 15) is 9.59 Å². The molecule has 0 fully saturated rings. The SMILES string of the molecule is CC(C)c1cc(C(=O)NNC(=O)c2cc(-c3ccco3)nc3ccccc23)n[nH]1. The molecule has 2 amide bonds. The van der Waals surface area contributed by atoms with E-state index >= 15 is 0 Å². The van der Waals surface area contributed by atoms with Gasteiger partial charge in [0.25, 0.3) is 11.8 Å². The Morgan fingerprint density at radius 2 is 1.83 bits per heavy atom. The number of hydrogen-bond donors (Lipinski definition) is 3. The Morgan fingerprint density at radius 1 is 1.03 bits per heavy atom. The highest BCUT2D eigenvalue weighted by molar-refractivity contribution is 6.08. The van der Waals surface area contributed by atoms with Crippen molar-refractivity contribution < 1.29 is 14.0 Å². The van der Waals surface area contributed by atoms with Gasteiger partial charge in [-0.25, -0.2) is 4.98 Å². The topological polar surface area (TPSA) is 113 Å². The van der Waals surface area contributed by atoms with Crippen LogP contribution in [0.25, 0.3) is 22.4 Å². The van der Waals surface area contributed by atoms with Gasteiger partial charge in [-0.15, -0.1) is 0 Å². The Labute approximate surface area is 166 Å². The second kappa shape index (κ2) is 7.59. The number of hydrazine groups is 1. The van der Waals surface area contributed by atoms with Gasteiger partial charge >= 0.3 is 0 Å². The molecule has 0 aliphatic heterocycles. The standard InChI is InChI=1S/C21H19N5O3/c1-12(2)16-11-18(24-23-16)21(28)26-25-20(27)14-10-17(19-8-5-9-29-19)22-15-7-4-3-6-13(14)15/h3-12H,1-2H3,(H,23,24)(H,25,27)(H,26,28). The van der Waals surface area contributed by atoms with E-state index in [1.54, 1.807) is 36.6 Å². The number of carbonyl (C=O) groups excluding carboxylic acids is 2. The van der Waals surface area contributed by atoms with E-state index in [2.05, 4.69) is 26.0 Å². The highest BCUT2D eigenvalue weighted by Gasteiger charge is 2.17. The van der Waals surface area contributed by atoms with E-state index in [0.29, 0.717) is 27.9 Å². The summed E-state index contributed by atoms with van der Waals surface area (Å²) in [6, 6.07) is 14.1. The van der Waals surface area contributed by atoms with E-state index in [1.165, 1.54) is 0 Å². The number of para-hydroxylation sites is 1. The summed E-state index contributed by atoms with van der Waals surface area (Å²) in [6.07, 6.45) is 1.54. The van der Waals surface area contributed by atoms with Crippen LogP contribution in [0.3, 0.4) is 0 Å². The smallest absolute Gasteiger partial charge is 0.290 e. The third-order valence-electron chi connectivity index (χ3n) is 4.48. The Balaban J connectivity index is 1.58. The van der Waals surface area contributed by atoms with Crippen LogP contribution >= 0.6 is 0 Å². The molecule has 0 aliphatic rings. The molecule has 4 rings (SSSR count). The Hall–Kier alpha value is -3.94. The number of hydrogen-bond acceptors (Lipinski definition) is 5. The van der Waals surface area contributed by atoms with E-state index < -0.39 is 11.8 Å². The molecule has 0 radical (unpaired) electrons. The number of benzene rings is 1. The van der Waals surface area contributed by atoms with Gasteiger partial charge in [0.05, 0.1) is 17.3 Å². The number of nitrogens with one attached hydrogen (secondary N) is 3. The normalized spacial score (nSPS) is 11.0. The third kappa shape index (κ3) is 3.73. The van der Waals surface area contributed by atoms with Crippen LogP contribution in [-0.4, -0.2) is 27.0 Å². The maximum Gasteiger partial charge on any atom is 0.290 e. The van der Waals surface area contributed by atoms with Crippen molar-refractivity contribution in [1.29, 1.82) is 0 Å². The van der Waals surface area contributed by atoms with Crippen LogP contribution in [0.1, 0.15) is 46.3 Å². The van der Waals surface area contributed by atoms with Gasteiger partial charge in [0.1, 0.15) is 5.69 Å². The minimum Gasteiger partial charge on any atom is -0.463 e. The van der Waals surface area contributed by atoms with Crippen LogP contribution in [-0.2, 0) is 0 Å². The molecule has 29 heavy (non-hydrogen) atoms. The first-order valence-electron chi connectivity index (χ1n) is 9.12. The van der Waals surface area contributed by atoms with Crippen molar-refractivity contribution in [2.45, 2.75) is 19.8 Å². The number of H-pyrrole nitrogens is 1. The number of carbonyl (C=O) groups is 2. The molecule has 0 bridgehead atoms. The van der Waals surface area contributed by atoms with Crippen molar-refractivity contribution in [3.8, 4) is 11.5 Å². The van der Waals surface area contributed by atoms with Gasteiger partial charge in [0.2, 0.25) is 0 Å². The number of aromatic nitrogens is 3. The second-order valence-corrected chi connectivity index (χ2v) is 6.82. The largest absolute Gasteiger partial charge is 0.463 e. The van der Waals surface area contributed by atoms with Crippen molar-refractivity contribution in [1.82, 2.24) is 26.0 Å². The average molecular weight is 389 g/mol. The lowest BCUT2D eigenvalue weighted by atomic mass is 10.1. The van der Waals surface area contributed by atoms with Crippen molar-refractivity contribution in [3.05, 3.63) is 71.7 Å². The van der Waals surface area contributed by atoms with Crippen LogP contribution in [0.4, 0.5) is 0 Å². The second-order valence-electron chi connectivity index (χ2n) is 6.82. The number of pyridine rings is 1. The quantitative estimate of drug-likeness (QED) is 0.463. The third-order valence-corrected chi connectivity index (χ3v) is 4.48. The molecule has 0 saturated carbocycles. The van der Waals surface area contributed by atoms with Crippen molar-refractivity contribution in [3.63, 3.8) is 0 Å². The molecule has 8 heteroatoms.